The zero-order valence-electron chi connectivity index (χ0n) is 7.54. The van der Waals surface area contributed by atoms with Crippen molar-refractivity contribution >= 4 is 12.6 Å². The van der Waals surface area contributed by atoms with Crippen LogP contribution in [0, 0.1) is 0 Å². The second-order valence-corrected chi connectivity index (χ2v) is 3.78. The third-order valence-corrected chi connectivity index (χ3v) is 2.92. The van der Waals surface area contributed by atoms with Crippen molar-refractivity contribution in [3.63, 3.8) is 0 Å². The molecule has 0 N–H and O–H groups in total. The topological polar surface area (TPSA) is 34.9 Å². The van der Waals surface area contributed by atoms with Crippen LogP contribution in [0.3, 0.4) is 0 Å². The second kappa shape index (κ2) is 3.10. The molecule has 0 fully saturated rings. The van der Waals surface area contributed by atoms with Gasteiger partial charge in [-0.3, -0.25) is 4.57 Å². The summed E-state index contributed by atoms with van der Waals surface area (Å²) in [5.74, 6) is 0. The quantitative estimate of drug-likeness (QED) is 0.448. The molecule has 2 rings (SSSR count). The van der Waals surface area contributed by atoms with Crippen LogP contribution < -0.4 is 5.69 Å². The van der Waals surface area contributed by atoms with E-state index in [4.69, 9.17) is 12.6 Å². The van der Waals surface area contributed by atoms with Gasteiger partial charge < -0.3 is 12.6 Å². The van der Waals surface area contributed by atoms with E-state index in [1.54, 1.807) is 11.6 Å². The van der Waals surface area contributed by atoms with E-state index in [1.807, 2.05) is 0 Å². The molecule has 13 heavy (non-hydrogen) atoms. The molecule has 0 bridgehead atoms. The van der Waals surface area contributed by atoms with Crippen molar-refractivity contribution in [3.8, 4) is 0 Å². The molecule has 0 radical (unpaired) electrons. The van der Waals surface area contributed by atoms with Crippen LogP contribution in [0.1, 0.15) is 24.1 Å². The van der Waals surface area contributed by atoms with E-state index in [-0.39, 0.29) is 5.69 Å². The summed E-state index contributed by atoms with van der Waals surface area (Å²) in [5.41, 5.74) is 1.99. The van der Waals surface area contributed by atoms with Crippen LogP contribution in [0.25, 0.3) is 0 Å². The van der Waals surface area contributed by atoms with Gasteiger partial charge >= 0.3 is 5.69 Å². The summed E-state index contributed by atoms with van der Waals surface area (Å²) in [6, 6.07) is 0. The Morgan fingerprint density at radius 1 is 1.38 bits per heavy atom. The van der Waals surface area contributed by atoms with Crippen LogP contribution in [-0.4, -0.2) is 9.55 Å². The predicted molar refractivity (Wildman–Crippen MR) is 51.8 cm³/mol. The Morgan fingerprint density at radius 3 is 2.85 bits per heavy atom. The van der Waals surface area contributed by atoms with E-state index in [0.29, 0.717) is 5.03 Å². The van der Waals surface area contributed by atoms with Gasteiger partial charge in [0.1, 0.15) is 0 Å². The van der Waals surface area contributed by atoms with Crippen molar-refractivity contribution in [2.24, 2.45) is 7.05 Å². The smallest absolute Gasteiger partial charge is 0.345 e. The van der Waals surface area contributed by atoms with Gasteiger partial charge in [0, 0.05) is 12.7 Å². The molecular weight excluding hydrogens is 184 g/mol. The van der Waals surface area contributed by atoms with Gasteiger partial charge in [0.25, 0.3) is 0 Å². The first kappa shape index (κ1) is 8.69. The largest absolute Gasteiger partial charge is 0.760 e. The Kier molecular flexibility index (Phi) is 2.07. The number of aromatic nitrogens is 2. The standard InChI is InChI=1S/C9H12N2OS/c1-11-7-5-3-2-4-6(7)8(13)10-9(11)12/h2-5H2,1H3,(H,10,12,13)/p-1. The van der Waals surface area contributed by atoms with Gasteiger partial charge in [0.15, 0.2) is 0 Å². The van der Waals surface area contributed by atoms with Crippen molar-refractivity contribution in [2.45, 2.75) is 30.7 Å². The lowest BCUT2D eigenvalue weighted by molar-refractivity contribution is 0.591. The van der Waals surface area contributed by atoms with E-state index < -0.39 is 0 Å². The highest BCUT2D eigenvalue weighted by Gasteiger charge is 2.13. The van der Waals surface area contributed by atoms with Crippen LogP contribution in [0.15, 0.2) is 9.82 Å². The summed E-state index contributed by atoms with van der Waals surface area (Å²) in [6.07, 6.45) is 4.26. The van der Waals surface area contributed by atoms with Gasteiger partial charge in [-0.15, -0.1) is 0 Å². The third kappa shape index (κ3) is 1.35. The second-order valence-electron chi connectivity index (χ2n) is 3.39. The zero-order valence-corrected chi connectivity index (χ0v) is 8.36. The minimum atomic E-state index is -0.217. The van der Waals surface area contributed by atoms with E-state index in [2.05, 4.69) is 4.98 Å². The first-order valence-electron chi connectivity index (χ1n) is 4.46. The van der Waals surface area contributed by atoms with Gasteiger partial charge in [-0.2, -0.15) is 0 Å². The summed E-state index contributed by atoms with van der Waals surface area (Å²) in [7, 11) is 1.77. The number of hydrogen-bond donors (Lipinski definition) is 0. The Labute approximate surface area is 82.2 Å². The van der Waals surface area contributed by atoms with Gasteiger partial charge in [-0.25, -0.2) is 9.78 Å². The summed E-state index contributed by atoms with van der Waals surface area (Å²) < 4.78 is 1.63. The van der Waals surface area contributed by atoms with Crippen LogP contribution >= 0.6 is 0 Å². The number of nitrogens with zero attached hydrogens (tertiary/aromatic N) is 2. The molecule has 0 spiro atoms. The lowest BCUT2D eigenvalue weighted by atomic mass is 9.97. The molecular formula is C9H11N2OS-. The maximum atomic E-state index is 11.3. The van der Waals surface area contributed by atoms with Gasteiger partial charge in [0.2, 0.25) is 0 Å². The lowest BCUT2D eigenvalue weighted by Gasteiger charge is -2.23. The Bertz CT molecular complexity index is 397. The SMILES string of the molecule is Cn1c2c(c([S-])nc1=O)CCCC2. The molecule has 0 amide bonds. The molecule has 1 aromatic heterocycles. The minimum absolute atomic E-state index is 0.217. The molecule has 0 unspecified atom stereocenters. The maximum Gasteiger partial charge on any atom is 0.345 e. The van der Waals surface area contributed by atoms with E-state index in [0.717, 1.165) is 36.9 Å². The average molecular weight is 195 g/mol. The van der Waals surface area contributed by atoms with Crippen LogP contribution in [-0.2, 0) is 32.5 Å². The molecule has 0 saturated carbocycles. The summed E-state index contributed by atoms with van der Waals surface area (Å²) in [5, 5.41) is 0.512. The Hall–Kier alpha value is -0.900. The predicted octanol–water partition coefficient (Wildman–Crippen LogP) is 0.565. The molecule has 1 aliphatic carbocycles. The van der Waals surface area contributed by atoms with Crippen molar-refractivity contribution < 1.29 is 0 Å². The molecule has 4 heteroatoms. The van der Waals surface area contributed by atoms with Crippen molar-refractivity contribution in [1.82, 2.24) is 9.55 Å². The molecule has 1 heterocycles. The third-order valence-electron chi connectivity index (χ3n) is 2.59. The molecule has 0 atom stereocenters. The van der Waals surface area contributed by atoms with Crippen LogP contribution in [0.4, 0.5) is 0 Å². The highest BCUT2D eigenvalue weighted by molar-refractivity contribution is 7.58. The fraction of sp³-hybridized carbons (Fsp3) is 0.556. The molecule has 1 aromatic rings. The molecule has 1 aliphatic rings. The fourth-order valence-electron chi connectivity index (χ4n) is 1.83. The molecule has 3 nitrogen and oxygen atoms in total. The maximum absolute atomic E-state index is 11.3. The lowest BCUT2D eigenvalue weighted by Crippen LogP contribution is -2.27. The van der Waals surface area contributed by atoms with Crippen molar-refractivity contribution in [1.29, 1.82) is 0 Å². The number of fused-ring (bicyclic) bond motifs is 1. The van der Waals surface area contributed by atoms with Gasteiger partial charge in [0.05, 0.1) is 0 Å². The fourth-order valence-corrected chi connectivity index (χ4v) is 2.13. The molecule has 0 aromatic carbocycles. The van der Waals surface area contributed by atoms with Crippen molar-refractivity contribution in [2.75, 3.05) is 0 Å². The van der Waals surface area contributed by atoms with Crippen molar-refractivity contribution in [3.05, 3.63) is 21.7 Å². The van der Waals surface area contributed by atoms with E-state index in [1.165, 1.54) is 0 Å². The van der Waals surface area contributed by atoms with E-state index >= 15 is 0 Å². The average Bonchev–Trinajstić information content (AvgIpc) is 2.15. The van der Waals surface area contributed by atoms with E-state index in [9.17, 15) is 4.79 Å². The normalized spacial score (nSPS) is 15.5. The summed E-state index contributed by atoms with van der Waals surface area (Å²) in [6.45, 7) is 0. The summed E-state index contributed by atoms with van der Waals surface area (Å²) in [4.78, 5) is 15.1. The summed E-state index contributed by atoms with van der Waals surface area (Å²) >= 11 is 5.06. The number of rotatable bonds is 0. The first-order chi connectivity index (χ1) is 6.20. The zero-order chi connectivity index (χ0) is 9.42. The molecule has 0 aliphatic heterocycles. The van der Waals surface area contributed by atoms with Gasteiger partial charge in [-0.05, 0) is 31.2 Å². The minimum Gasteiger partial charge on any atom is -0.760 e. The van der Waals surface area contributed by atoms with Crippen LogP contribution in [0.2, 0.25) is 0 Å². The first-order valence-corrected chi connectivity index (χ1v) is 4.87. The number of hydrogen-bond acceptors (Lipinski definition) is 3. The van der Waals surface area contributed by atoms with Crippen LogP contribution in [0.5, 0.6) is 0 Å². The molecule has 70 valence electrons. The molecule has 0 saturated heterocycles. The Morgan fingerprint density at radius 2 is 2.08 bits per heavy atom. The van der Waals surface area contributed by atoms with Gasteiger partial charge in [-0.1, -0.05) is 5.03 Å². The Balaban J connectivity index is 2.70. The highest BCUT2D eigenvalue weighted by Crippen LogP contribution is 2.20. The highest BCUT2D eigenvalue weighted by atomic mass is 32.1. The monoisotopic (exact) mass is 195 g/mol.